The Bertz CT molecular complexity index is 517. The van der Waals surface area contributed by atoms with Crippen molar-refractivity contribution in [2.75, 3.05) is 26.2 Å². The topological polar surface area (TPSA) is 50.4 Å². The van der Waals surface area contributed by atoms with Gasteiger partial charge in [-0.2, -0.15) is 0 Å². The maximum absolute atomic E-state index is 11.9. The molecule has 1 heterocycles. The average Bonchev–Trinajstić information content (AvgIpc) is 2.48. The molecule has 22 heavy (non-hydrogen) atoms. The minimum Gasteiger partial charge on any atom is -0.491 e. The Morgan fingerprint density at radius 3 is 2.77 bits per heavy atom. The predicted octanol–water partition coefficient (Wildman–Crippen LogP) is 3.27. The van der Waals surface area contributed by atoms with Gasteiger partial charge in [0.15, 0.2) is 0 Å². The van der Waals surface area contributed by atoms with Crippen LogP contribution in [0.25, 0.3) is 0 Å². The molecular weight excluding hydrogens is 323 g/mol. The van der Waals surface area contributed by atoms with Crippen LogP contribution in [-0.2, 0) is 4.79 Å². The van der Waals surface area contributed by atoms with Crippen molar-refractivity contribution in [2.45, 2.75) is 26.2 Å². The van der Waals surface area contributed by atoms with Crippen molar-refractivity contribution in [3.05, 3.63) is 28.2 Å². The summed E-state index contributed by atoms with van der Waals surface area (Å²) in [5, 5.41) is 7.35. The molecule has 0 atom stereocenters. The van der Waals surface area contributed by atoms with E-state index in [-0.39, 0.29) is 11.3 Å². The highest BCUT2D eigenvalue weighted by Gasteiger charge is 2.26. The van der Waals surface area contributed by atoms with Gasteiger partial charge in [0.25, 0.3) is 0 Å². The van der Waals surface area contributed by atoms with E-state index in [2.05, 4.69) is 17.6 Å². The van der Waals surface area contributed by atoms with Gasteiger partial charge >= 0.3 is 0 Å². The van der Waals surface area contributed by atoms with E-state index in [9.17, 15) is 4.79 Å². The van der Waals surface area contributed by atoms with Gasteiger partial charge < -0.3 is 15.4 Å². The summed E-state index contributed by atoms with van der Waals surface area (Å²) in [6.07, 6.45) is 2.49. The number of piperidine rings is 1. The van der Waals surface area contributed by atoms with Gasteiger partial charge in [0.05, 0.1) is 18.1 Å². The van der Waals surface area contributed by atoms with Crippen LogP contribution in [0.1, 0.15) is 26.2 Å². The average molecular weight is 345 g/mol. The van der Waals surface area contributed by atoms with E-state index >= 15 is 0 Å². The number of halogens is 2. The summed E-state index contributed by atoms with van der Waals surface area (Å²) in [5.74, 6) is 0.550. The van der Waals surface area contributed by atoms with E-state index in [1.165, 1.54) is 0 Å². The number of hydrogen-bond donors (Lipinski definition) is 2. The summed E-state index contributed by atoms with van der Waals surface area (Å²) >= 11 is 11.8. The fraction of sp³-hybridized carbons (Fsp3) is 0.562. The van der Waals surface area contributed by atoms with Crippen molar-refractivity contribution < 1.29 is 9.53 Å². The molecule has 0 aliphatic carbocycles. The van der Waals surface area contributed by atoms with Gasteiger partial charge in [-0.05, 0) is 49.5 Å². The summed E-state index contributed by atoms with van der Waals surface area (Å²) in [5.41, 5.74) is 0.196. The monoisotopic (exact) mass is 344 g/mol. The molecule has 1 aromatic rings. The molecule has 4 nitrogen and oxygen atoms in total. The largest absolute Gasteiger partial charge is 0.491 e. The lowest BCUT2D eigenvalue weighted by Gasteiger charge is -2.34. The molecule has 1 fully saturated rings. The highest BCUT2D eigenvalue weighted by Crippen LogP contribution is 2.28. The predicted molar refractivity (Wildman–Crippen MR) is 89.8 cm³/mol. The molecule has 0 bridgehead atoms. The molecule has 0 saturated carbocycles. The molecule has 2 rings (SSSR count). The number of ether oxygens (including phenoxy) is 1. The molecule has 1 amide bonds. The molecule has 0 radical (unpaired) electrons. The van der Waals surface area contributed by atoms with Crippen molar-refractivity contribution in [2.24, 2.45) is 5.41 Å². The third-order valence-corrected chi connectivity index (χ3v) is 4.53. The van der Waals surface area contributed by atoms with Crippen LogP contribution in [0, 0.1) is 5.41 Å². The van der Waals surface area contributed by atoms with Crippen LogP contribution >= 0.6 is 23.2 Å². The summed E-state index contributed by atoms with van der Waals surface area (Å²) in [7, 11) is 0. The Kier molecular flexibility index (Phi) is 6.36. The first-order valence-corrected chi connectivity index (χ1v) is 8.29. The van der Waals surface area contributed by atoms with Crippen LogP contribution in [0.15, 0.2) is 18.2 Å². The molecule has 6 heteroatoms. The molecule has 1 aliphatic rings. The van der Waals surface area contributed by atoms with Crippen LogP contribution in [-0.4, -0.2) is 32.1 Å². The van der Waals surface area contributed by atoms with E-state index in [4.69, 9.17) is 27.9 Å². The van der Waals surface area contributed by atoms with Crippen LogP contribution in [0.5, 0.6) is 5.75 Å². The Labute approximate surface area is 141 Å². The van der Waals surface area contributed by atoms with Gasteiger partial charge in [-0.1, -0.05) is 30.1 Å². The quantitative estimate of drug-likeness (QED) is 0.832. The second kappa shape index (κ2) is 8.04. The maximum Gasteiger partial charge on any atom is 0.223 e. The standard InChI is InChI=1S/C16H22Cl2N2O2/c1-16(5-7-19-8-6-16)11-20-15(21)4-9-22-14-3-2-12(17)10-13(14)18/h2-3,10,19H,4-9,11H2,1H3,(H,20,21). The second-order valence-corrected chi connectivity index (χ2v) is 6.85. The van der Waals surface area contributed by atoms with Crippen molar-refractivity contribution in [3.8, 4) is 5.75 Å². The van der Waals surface area contributed by atoms with Crippen molar-refractivity contribution in [1.82, 2.24) is 10.6 Å². The fourth-order valence-corrected chi connectivity index (χ4v) is 2.92. The van der Waals surface area contributed by atoms with Crippen LogP contribution in [0.3, 0.4) is 0 Å². The number of hydrogen-bond acceptors (Lipinski definition) is 3. The number of amides is 1. The SMILES string of the molecule is CC1(CNC(=O)CCOc2ccc(Cl)cc2Cl)CCNCC1. The first-order valence-electron chi connectivity index (χ1n) is 7.54. The number of benzene rings is 1. The number of rotatable bonds is 6. The number of nitrogens with one attached hydrogen (secondary N) is 2. The lowest BCUT2D eigenvalue weighted by Crippen LogP contribution is -2.43. The van der Waals surface area contributed by atoms with Crippen LogP contribution in [0.2, 0.25) is 10.0 Å². The lowest BCUT2D eigenvalue weighted by atomic mass is 9.81. The summed E-state index contributed by atoms with van der Waals surface area (Å²) in [6, 6.07) is 5.04. The van der Waals surface area contributed by atoms with E-state index in [1.807, 2.05) is 0 Å². The van der Waals surface area contributed by atoms with Gasteiger partial charge in [0, 0.05) is 11.6 Å². The van der Waals surface area contributed by atoms with E-state index in [1.54, 1.807) is 18.2 Å². The van der Waals surface area contributed by atoms with Crippen molar-refractivity contribution in [1.29, 1.82) is 0 Å². The summed E-state index contributed by atoms with van der Waals surface area (Å²) in [4.78, 5) is 11.9. The Morgan fingerprint density at radius 1 is 1.36 bits per heavy atom. The van der Waals surface area contributed by atoms with E-state index in [0.29, 0.717) is 28.8 Å². The molecule has 1 aromatic carbocycles. The highest BCUT2D eigenvalue weighted by atomic mass is 35.5. The zero-order valence-electron chi connectivity index (χ0n) is 12.8. The summed E-state index contributed by atoms with van der Waals surface area (Å²) in [6.45, 7) is 5.27. The minimum absolute atomic E-state index is 0.00448. The van der Waals surface area contributed by atoms with Crippen LogP contribution in [0.4, 0.5) is 0 Å². The molecule has 1 aliphatic heterocycles. The Balaban J connectivity index is 1.69. The lowest BCUT2D eigenvalue weighted by molar-refractivity contribution is -0.122. The second-order valence-electron chi connectivity index (χ2n) is 6.01. The van der Waals surface area contributed by atoms with E-state index in [0.717, 1.165) is 32.5 Å². The van der Waals surface area contributed by atoms with E-state index < -0.39 is 0 Å². The van der Waals surface area contributed by atoms with Crippen molar-refractivity contribution >= 4 is 29.1 Å². The van der Waals surface area contributed by atoms with Gasteiger partial charge in [0.2, 0.25) is 5.91 Å². The normalized spacial score (nSPS) is 17.0. The highest BCUT2D eigenvalue weighted by molar-refractivity contribution is 6.35. The molecule has 0 spiro atoms. The third kappa shape index (κ3) is 5.34. The molecule has 0 aromatic heterocycles. The zero-order valence-corrected chi connectivity index (χ0v) is 14.3. The Hall–Kier alpha value is -0.970. The first kappa shape index (κ1) is 17.4. The smallest absolute Gasteiger partial charge is 0.223 e. The minimum atomic E-state index is 0.00448. The molecular formula is C16H22Cl2N2O2. The molecule has 2 N–H and O–H groups in total. The van der Waals surface area contributed by atoms with Gasteiger partial charge in [-0.25, -0.2) is 0 Å². The van der Waals surface area contributed by atoms with Crippen molar-refractivity contribution in [3.63, 3.8) is 0 Å². The van der Waals surface area contributed by atoms with Gasteiger partial charge in [0.1, 0.15) is 5.75 Å². The maximum atomic E-state index is 11.9. The fourth-order valence-electron chi connectivity index (χ4n) is 2.45. The van der Waals surface area contributed by atoms with Gasteiger partial charge in [-0.15, -0.1) is 0 Å². The van der Waals surface area contributed by atoms with Crippen LogP contribution < -0.4 is 15.4 Å². The third-order valence-electron chi connectivity index (χ3n) is 4.00. The first-order chi connectivity index (χ1) is 10.5. The number of carbonyl (C=O) groups is 1. The number of carbonyl (C=O) groups excluding carboxylic acids is 1. The van der Waals surface area contributed by atoms with Gasteiger partial charge in [-0.3, -0.25) is 4.79 Å². The molecule has 0 unspecified atom stereocenters. The zero-order chi connectivity index (χ0) is 16.0. The Morgan fingerprint density at radius 2 is 2.09 bits per heavy atom. The molecule has 122 valence electrons. The molecule has 1 saturated heterocycles. The summed E-state index contributed by atoms with van der Waals surface area (Å²) < 4.78 is 5.52.